The Morgan fingerprint density at radius 2 is 2.00 bits per heavy atom. The summed E-state index contributed by atoms with van der Waals surface area (Å²) in [6, 6.07) is 3.46. The molecule has 0 aromatic heterocycles. The summed E-state index contributed by atoms with van der Waals surface area (Å²) in [6.45, 7) is 0.239. The molecule has 0 aliphatic heterocycles. The van der Waals surface area contributed by atoms with Crippen LogP contribution in [-0.4, -0.2) is 46.9 Å². The van der Waals surface area contributed by atoms with E-state index in [2.05, 4.69) is 4.74 Å². The van der Waals surface area contributed by atoms with Crippen LogP contribution in [0.2, 0.25) is 0 Å². The van der Waals surface area contributed by atoms with Crippen LogP contribution in [0.1, 0.15) is 10.4 Å². The molecule has 0 saturated heterocycles. The van der Waals surface area contributed by atoms with Gasteiger partial charge in [-0.1, -0.05) is 4.89 Å². The highest BCUT2D eigenvalue weighted by Crippen LogP contribution is 2.22. The number of benzene rings is 1. The average molecular weight is 305 g/mol. The van der Waals surface area contributed by atoms with Crippen molar-refractivity contribution in [3.63, 3.8) is 0 Å². The molecule has 0 radical (unpaired) electrons. The lowest BCUT2D eigenvalue weighted by Gasteiger charge is -2.09. The molecule has 112 valence electrons. The fraction of sp³-hybridized carbons (Fsp3) is 0.364. The van der Waals surface area contributed by atoms with E-state index < -0.39 is 16.0 Å². The van der Waals surface area contributed by atoms with Gasteiger partial charge in [0.15, 0.2) is 0 Å². The molecule has 0 fully saturated rings. The maximum atomic E-state index is 11.9. The normalized spacial score (nSPS) is 11.3. The molecule has 1 aromatic rings. The summed E-state index contributed by atoms with van der Waals surface area (Å²) in [5.74, 6) is -1.23. The van der Waals surface area contributed by atoms with Gasteiger partial charge < -0.3 is 14.6 Å². The molecule has 0 bridgehead atoms. The molecular weight excluding hydrogens is 290 g/mol. The number of rotatable bonds is 8. The largest absolute Gasteiger partial charge is 0.496 e. The van der Waals surface area contributed by atoms with Crippen LogP contribution < -0.4 is 9.62 Å². The van der Waals surface area contributed by atoms with Gasteiger partial charge in [0.25, 0.3) is 10.0 Å². The van der Waals surface area contributed by atoms with E-state index in [9.17, 15) is 13.2 Å². The number of hydrogen-bond acceptors (Lipinski definition) is 6. The Morgan fingerprint density at radius 3 is 2.55 bits per heavy atom. The molecule has 1 aromatic carbocycles. The van der Waals surface area contributed by atoms with Gasteiger partial charge in [0.1, 0.15) is 11.3 Å². The third kappa shape index (κ3) is 4.17. The van der Waals surface area contributed by atoms with Crippen molar-refractivity contribution in [2.45, 2.75) is 4.90 Å². The number of ether oxygens (including phenoxy) is 2. The van der Waals surface area contributed by atoms with Crippen LogP contribution in [-0.2, 0) is 19.6 Å². The molecule has 0 atom stereocenters. The number of aromatic carboxylic acids is 1. The van der Waals surface area contributed by atoms with Crippen LogP contribution in [0.5, 0.6) is 5.75 Å². The van der Waals surface area contributed by atoms with E-state index in [4.69, 9.17) is 14.7 Å². The quantitative estimate of drug-likeness (QED) is 0.523. The second-order valence-corrected chi connectivity index (χ2v) is 5.24. The molecular formula is C11H15NO7S. The number of methoxy groups -OCH3 is 2. The monoisotopic (exact) mass is 305 g/mol. The highest BCUT2D eigenvalue weighted by molar-refractivity contribution is 7.89. The van der Waals surface area contributed by atoms with Gasteiger partial charge in [0.05, 0.1) is 25.2 Å². The van der Waals surface area contributed by atoms with Gasteiger partial charge in [-0.25, -0.2) is 13.2 Å². The lowest BCUT2D eigenvalue weighted by molar-refractivity contribution is 0.0438. The highest BCUT2D eigenvalue weighted by atomic mass is 32.2. The Morgan fingerprint density at radius 1 is 1.30 bits per heavy atom. The van der Waals surface area contributed by atoms with Crippen molar-refractivity contribution in [3.05, 3.63) is 23.8 Å². The lowest BCUT2D eigenvalue weighted by Crippen LogP contribution is -2.26. The van der Waals surface area contributed by atoms with Gasteiger partial charge in [0, 0.05) is 7.11 Å². The van der Waals surface area contributed by atoms with E-state index >= 15 is 0 Å². The van der Waals surface area contributed by atoms with Gasteiger partial charge in [-0.05, 0) is 18.2 Å². The summed E-state index contributed by atoms with van der Waals surface area (Å²) in [5, 5.41) is 8.99. The summed E-state index contributed by atoms with van der Waals surface area (Å²) >= 11 is 0. The summed E-state index contributed by atoms with van der Waals surface area (Å²) < 4.78 is 33.3. The van der Waals surface area contributed by atoms with E-state index in [1.165, 1.54) is 26.4 Å². The molecule has 1 rings (SSSR count). The fourth-order valence-electron chi connectivity index (χ4n) is 1.31. The Hall–Kier alpha value is -1.68. The lowest BCUT2D eigenvalue weighted by atomic mass is 10.2. The van der Waals surface area contributed by atoms with Crippen molar-refractivity contribution in [2.24, 2.45) is 0 Å². The Labute approximate surface area is 116 Å². The SMILES string of the molecule is COCCONS(=O)(=O)c1ccc(OC)c(C(=O)O)c1. The second-order valence-electron chi connectivity index (χ2n) is 3.60. The van der Waals surface area contributed by atoms with Crippen molar-refractivity contribution >= 4 is 16.0 Å². The van der Waals surface area contributed by atoms with Gasteiger partial charge in [-0.3, -0.25) is 4.84 Å². The first-order valence-electron chi connectivity index (χ1n) is 5.46. The molecule has 9 heteroatoms. The molecule has 0 aliphatic rings. The Kier molecular flexibility index (Phi) is 5.89. The Bertz CT molecular complexity index is 570. The van der Waals surface area contributed by atoms with Crippen molar-refractivity contribution in [3.8, 4) is 5.75 Å². The van der Waals surface area contributed by atoms with Crippen LogP contribution >= 0.6 is 0 Å². The number of sulfonamides is 1. The average Bonchev–Trinajstić information content (AvgIpc) is 2.42. The van der Waals surface area contributed by atoms with Gasteiger partial charge in [-0.15, -0.1) is 0 Å². The molecule has 0 spiro atoms. The zero-order chi connectivity index (χ0) is 15.2. The van der Waals surface area contributed by atoms with Gasteiger partial charge in [-0.2, -0.15) is 0 Å². The minimum Gasteiger partial charge on any atom is -0.496 e. The number of carbonyl (C=O) groups is 1. The molecule has 0 amide bonds. The molecule has 0 saturated carbocycles. The van der Waals surface area contributed by atoms with Gasteiger partial charge >= 0.3 is 5.97 Å². The third-order valence-corrected chi connectivity index (χ3v) is 3.48. The topological polar surface area (TPSA) is 111 Å². The second kappa shape index (κ2) is 7.20. The fourth-order valence-corrected chi connectivity index (χ4v) is 2.17. The molecule has 0 heterocycles. The van der Waals surface area contributed by atoms with E-state index in [0.717, 1.165) is 6.07 Å². The van der Waals surface area contributed by atoms with E-state index in [1.807, 2.05) is 4.89 Å². The van der Waals surface area contributed by atoms with E-state index in [1.54, 1.807) is 0 Å². The zero-order valence-corrected chi connectivity index (χ0v) is 11.8. The van der Waals surface area contributed by atoms with Crippen LogP contribution in [0.25, 0.3) is 0 Å². The minimum atomic E-state index is -3.97. The highest BCUT2D eigenvalue weighted by Gasteiger charge is 2.19. The van der Waals surface area contributed by atoms with Crippen molar-refractivity contribution in [2.75, 3.05) is 27.4 Å². The number of carboxylic acids is 1. The number of nitrogens with one attached hydrogen (secondary N) is 1. The first kappa shape index (κ1) is 16.4. The first-order valence-corrected chi connectivity index (χ1v) is 6.94. The number of carboxylic acid groups (broad SMARTS) is 1. The maximum absolute atomic E-state index is 11.9. The van der Waals surface area contributed by atoms with Gasteiger partial charge in [0.2, 0.25) is 0 Å². The predicted octanol–water partition coefficient (Wildman–Crippen LogP) is 0.250. The molecule has 20 heavy (non-hydrogen) atoms. The zero-order valence-electron chi connectivity index (χ0n) is 11.0. The maximum Gasteiger partial charge on any atom is 0.339 e. The van der Waals surface area contributed by atoms with Crippen LogP contribution in [0.3, 0.4) is 0 Å². The third-order valence-electron chi connectivity index (χ3n) is 2.27. The molecule has 0 unspecified atom stereocenters. The Balaban J connectivity index is 2.95. The number of hydrogen-bond donors (Lipinski definition) is 2. The van der Waals surface area contributed by atoms with Crippen molar-refractivity contribution in [1.29, 1.82) is 0 Å². The summed E-state index contributed by atoms with van der Waals surface area (Å²) in [4.78, 5) is 17.4. The van der Waals surface area contributed by atoms with Crippen molar-refractivity contribution < 1.29 is 32.6 Å². The van der Waals surface area contributed by atoms with E-state index in [0.29, 0.717) is 0 Å². The predicted molar refractivity (Wildman–Crippen MR) is 68.1 cm³/mol. The van der Waals surface area contributed by atoms with Crippen LogP contribution in [0.4, 0.5) is 0 Å². The van der Waals surface area contributed by atoms with Crippen LogP contribution in [0, 0.1) is 0 Å². The van der Waals surface area contributed by atoms with Crippen LogP contribution in [0.15, 0.2) is 23.1 Å². The summed E-state index contributed by atoms with van der Waals surface area (Å²) in [5.41, 5.74) is -0.257. The standard InChI is InChI=1S/C11H15NO7S/c1-17-5-6-19-12-20(15,16)8-3-4-10(18-2)9(7-8)11(13)14/h3-4,7,12H,5-6H2,1-2H3,(H,13,14). The van der Waals surface area contributed by atoms with E-state index in [-0.39, 0.29) is 29.4 Å². The summed E-state index contributed by atoms with van der Waals surface area (Å²) in [7, 11) is -1.23. The minimum absolute atomic E-state index is 0.0255. The smallest absolute Gasteiger partial charge is 0.339 e. The molecule has 0 aliphatic carbocycles. The first-order chi connectivity index (χ1) is 9.42. The molecule has 2 N–H and O–H groups in total. The van der Waals surface area contributed by atoms with Crippen molar-refractivity contribution in [1.82, 2.24) is 4.89 Å². The molecule has 8 nitrogen and oxygen atoms in total. The summed E-state index contributed by atoms with van der Waals surface area (Å²) in [6.07, 6.45) is 0.